The predicted molar refractivity (Wildman–Crippen MR) is 84.8 cm³/mol. The maximum atomic E-state index is 12.1. The normalized spacial score (nSPS) is 11.0. The number of benzene rings is 1. The minimum Gasteiger partial charge on any atom is -0.322 e. The standard InChI is InChI=1S/C13H12BrN3O3S/c1-21(19,20)17-11-4-2-3-10(8-11)16-13(18)9-5-6-15-12(14)7-9/h2-8,17H,1H3,(H,16,18). The molecule has 0 radical (unpaired) electrons. The summed E-state index contributed by atoms with van der Waals surface area (Å²) in [6.07, 6.45) is 2.58. The molecule has 2 aromatic rings. The number of nitrogens with one attached hydrogen (secondary N) is 2. The van der Waals surface area contributed by atoms with Crippen molar-refractivity contribution in [3.63, 3.8) is 0 Å². The van der Waals surface area contributed by atoms with Crippen molar-refractivity contribution >= 4 is 43.2 Å². The Balaban J connectivity index is 2.16. The Morgan fingerprint density at radius 1 is 1.19 bits per heavy atom. The van der Waals surface area contributed by atoms with E-state index in [-0.39, 0.29) is 5.91 Å². The first-order chi connectivity index (χ1) is 9.83. The van der Waals surface area contributed by atoms with Crippen molar-refractivity contribution in [3.8, 4) is 0 Å². The van der Waals surface area contributed by atoms with Gasteiger partial charge in [0.25, 0.3) is 5.91 Å². The summed E-state index contributed by atoms with van der Waals surface area (Å²) in [4.78, 5) is 16.0. The quantitative estimate of drug-likeness (QED) is 0.810. The maximum absolute atomic E-state index is 12.1. The first-order valence-corrected chi connectivity index (χ1v) is 8.53. The number of hydrogen-bond donors (Lipinski definition) is 2. The second-order valence-corrected chi connectivity index (χ2v) is 6.84. The van der Waals surface area contributed by atoms with E-state index in [4.69, 9.17) is 0 Å². The Morgan fingerprint density at radius 3 is 2.57 bits per heavy atom. The molecule has 2 rings (SSSR count). The molecule has 0 atom stereocenters. The molecule has 1 heterocycles. The highest BCUT2D eigenvalue weighted by Gasteiger charge is 2.08. The number of anilines is 2. The zero-order valence-corrected chi connectivity index (χ0v) is 13.4. The van der Waals surface area contributed by atoms with Crippen molar-refractivity contribution in [2.24, 2.45) is 0 Å². The van der Waals surface area contributed by atoms with Crippen LogP contribution in [0.4, 0.5) is 11.4 Å². The second kappa shape index (κ2) is 6.23. The largest absolute Gasteiger partial charge is 0.322 e. The molecule has 1 aromatic carbocycles. The molecule has 0 spiro atoms. The number of aromatic nitrogens is 1. The molecule has 110 valence electrons. The summed E-state index contributed by atoms with van der Waals surface area (Å²) in [5.41, 5.74) is 1.31. The summed E-state index contributed by atoms with van der Waals surface area (Å²) < 4.78 is 25.3. The van der Waals surface area contributed by atoms with Crippen LogP contribution in [-0.4, -0.2) is 25.6 Å². The third-order valence-corrected chi connectivity index (χ3v) is 3.45. The number of rotatable bonds is 4. The summed E-state index contributed by atoms with van der Waals surface area (Å²) in [5.74, 6) is -0.311. The van der Waals surface area contributed by atoms with Crippen molar-refractivity contribution in [3.05, 3.63) is 52.8 Å². The van der Waals surface area contributed by atoms with Gasteiger partial charge < -0.3 is 5.32 Å². The average Bonchev–Trinajstić information content (AvgIpc) is 2.37. The van der Waals surface area contributed by atoms with E-state index in [0.717, 1.165) is 6.26 Å². The van der Waals surface area contributed by atoms with E-state index in [9.17, 15) is 13.2 Å². The molecule has 6 nitrogen and oxygen atoms in total. The van der Waals surface area contributed by atoms with E-state index < -0.39 is 10.0 Å². The van der Waals surface area contributed by atoms with Gasteiger partial charge in [-0.05, 0) is 46.3 Å². The third-order valence-electron chi connectivity index (χ3n) is 2.41. The van der Waals surface area contributed by atoms with Crippen LogP contribution in [0, 0.1) is 0 Å². The van der Waals surface area contributed by atoms with Gasteiger partial charge in [0.1, 0.15) is 4.60 Å². The Labute approximate surface area is 130 Å². The summed E-state index contributed by atoms with van der Waals surface area (Å²) in [5, 5.41) is 2.69. The molecule has 1 amide bonds. The monoisotopic (exact) mass is 369 g/mol. The van der Waals surface area contributed by atoms with Gasteiger partial charge in [-0.2, -0.15) is 0 Å². The van der Waals surface area contributed by atoms with Gasteiger partial charge in [-0.15, -0.1) is 0 Å². The fourth-order valence-electron chi connectivity index (χ4n) is 1.62. The molecule has 0 saturated heterocycles. The fraction of sp³-hybridized carbons (Fsp3) is 0.0769. The lowest BCUT2D eigenvalue weighted by Gasteiger charge is -2.08. The zero-order chi connectivity index (χ0) is 15.5. The van der Waals surface area contributed by atoms with E-state index >= 15 is 0 Å². The van der Waals surface area contributed by atoms with Gasteiger partial charge in [0.05, 0.1) is 11.9 Å². The summed E-state index contributed by atoms with van der Waals surface area (Å²) in [7, 11) is -3.36. The molecule has 0 bridgehead atoms. The van der Waals surface area contributed by atoms with Crippen LogP contribution in [0.1, 0.15) is 10.4 Å². The zero-order valence-electron chi connectivity index (χ0n) is 11.0. The topological polar surface area (TPSA) is 88.2 Å². The summed E-state index contributed by atoms with van der Waals surface area (Å²) in [6, 6.07) is 9.62. The number of hydrogen-bond acceptors (Lipinski definition) is 4. The molecular formula is C13H12BrN3O3S. The number of carbonyl (C=O) groups excluding carboxylic acids is 1. The van der Waals surface area contributed by atoms with Gasteiger partial charge in [0.15, 0.2) is 0 Å². The van der Waals surface area contributed by atoms with Crippen LogP contribution in [0.5, 0.6) is 0 Å². The van der Waals surface area contributed by atoms with Crippen molar-refractivity contribution < 1.29 is 13.2 Å². The first kappa shape index (κ1) is 15.5. The Kier molecular flexibility index (Phi) is 4.59. The molecule has 2 N–H and O–H groups in total. The molecule has 21 heavy (non-hydrogen) atoms. The van der Waals surface area contributed by atoms with Gasteiger partial charge in [0.2, 0.25) is 10.0 Å². The van der Waals surface area contributed by atoms with Gasteiger partial charge >= 0.3 is 0 Å². The molecule has 0 fully saturated rings. The third kappa shape index (κ3) is 4.83. The van der Waals surface area contributed by atoms with Gasteiger partial charge in [-0.25, -0.2) is 13.4 Å². The van der Waals surface area contributed by atoms with Gasteiger partial charge in [0, 0.05) is 17.4 Å². The van der Waals surface area contributed by atoms with Crippen LogP contribution in [0.25, 0.3) is 0 Å². The minimum atomic E-state index is -3.36. The predicted octanol–water partition coefficient (Wildman–Crippen LogP) is 2.47. The van der Waals surface area contributed by atoms with Gasteiger partial charge in [-0.1, -0.05) is 6.07 Å². The van der Waals surface area contributed by atoms with Crippen LogP contribution in [0.15, 0.2) is 47.2 Å². The smallest absolute Gasteiger partial charge is 0.255 e. The van der Waals surface area contributed by atoms with Crippen molar-refractivity contribution in [2.45, 2.75) is 0 Å². The maximum Gasteiger partial charge on any atom is 0.255 e. The van der Waals surface area contributed by atoms with E-state index in [2.05, 4.69) is 31.0 Å². The number of sulfonamides is 1. The fourth-order valence-corrected chi connectivity index (χ4v) is 2.54. The summed E-state index contributed by atoms with van der Waals surface area (Å²) in [6.45, 7) is 0. The molecule has 0 aliphatic heterocycles. The van der Waals surface area contributed by atoms with E-state index in [1.807, 2.05) is 0 Å². The van der Waals surface area contributed by atoms with Crippen molar-refractivity contribution in [1.82, 2.24) is 4.98 Å². The van der Waals surface area contributed by atoms with E-state index in [1.165, 1.54) is 12.3 Å². The lowest BCUT2D eigenvalue weighted by Crippen LogP contribution is -2.13. The lowest BCUT2D eigenvalue weighted by atomic mass is 10.2. The van der Waals surface area contributed by atoms with E-state index in [1.54, 1.807) is 30.3 Å². The van der Waals surface area contributed by atoms with Crippen LogP contribution in [-0.2, 0) is 10.0 Å². The molecule has 0 unspecified atom stereocenters. The SMILES string of the molecule is CS(=O)(=O)Nc1cccc(NC(=O)c2ccnc(Br)c2)c1. The molecule has 0 aliphatic carbocycles. The summed E-state index contributed by atoms with van der Waals surface area (Å²) >= 11 is 3.19. The average molecular weight is 370 g/mol. The molecular weight excluding hydrogens is 358 g/mol. The van der Waals surface area contributed by atoms with Crippen LogP contribution in [0.2, 0.25) is 0 Å². The van der Waals surface area contributed by atoms with Crippen LogP contribution in [0.3, 0.4) is 0 Å². The van der Waals surface area contributed by atoms with Crippen LogP contribution < -0.4 is 10.0 Å². The molecule has 8 heteroatoms. The number of carbonyl (C=O) groups is 1. The number of pyridine rings is 1. The second-order valence-electron chi connectivity index (χ2n) is 4.28. The first-order valence-electron chi connectivity index (χ1n) is 5.84. The van der Waals surface area contributed by atoms with Crippen molar-refractivity contribution in [2.75, 3.05) is 16.3 Å². The Morgan fingerprint density at radius 2 is 1.90 bits per heavy atom. The highest BCUT2D eigenvalue weighted by atomic mass is 79.9. The Bertz CT molecular complexity index is 778. The number of amides is 1. The number of halogens is 1. The minimum absolute atomic E-state index is 0.311. The van der Waals surface area contributed by atoms with E-state index in [0.29, 0.717) is 21.5 Å². The Hall–Kier alpha value is -1.93. The highest BCUT2D eigenvalue weighted by molar-refractivity contribution is 9.10. The van der Waals surface area contributed by atoms with Gasteiger partial charge in [-0.3, -0.25) is 9.52 Å². The van der Waals surface area contributed by atoms with Crippen molar-refractivity contribution in [1.29, 1.82) is 0 Å². The molecule has 0 saturated carbocycles. The van der Waals surface area contributed by atoms with Crippen LogP contribution >= 0.6 is 15.9 Å². The molecule has 0 aliphatic rings. The number of nitrogens with zero attached hydrogens (tertiary/aromatic N) is 1. The lowest BCUT2D eigenvalue weighted by molar-refractivity contribution is 0.102. The highest BCUT2D eigenvalue weighted by Crippen LogP contribution is 2.17. The molecule has 1 aromatic heterocycles.